The Bertz CT molecular complexity index is 364. The fourth-order valence-corrected chi connectivity index (χ4v) is 3.83. The first-order chi connectivity index (χ1) is 8.70. The lowest BCUT2D eigenvalue weighted by Gasteiger charge is -2.25. The summed E-state index contributed by atoms with van der Waals surface area (Å²) < 4.78 is 0. The highest BCUT2D eigenvalue weighted by atomic mass is 32.1. The van der Waals surface area contributed by atoms with Gasteiger partial charge in [-0.15, -0.1) is 11.3 Å². The van der Waals surface area contributed by atoms with E-state index >= 15 is 0 Å². The summed E-state index contributed by atoms with van der Waals surface area (Å²) in [5, 5.41) is 3.63. The molecule has 0 amide bonds. The Hall–Kier alpha value is -0.450. The van der Waals surface area contributed by atoms with E-state index in [-0.39, 0.29) is 0 Å². The maximum absolute atomic E-state index is 4.33. The molecule has 2 atom stereocenters. The van der Waals surface area contributed by atoms with Crippen LogP contribution in [0.15, 0.2) is 5.51 Å². The number of hydrogen-bond acceptors (Lipinski definition) is 4. The minimum absolute atomic E-state index is 0.736. The lowest BCUT2D eigenvalue weighted by molar-refractivity contribution is 0.247. The second-order valence-electron chi connectivity index (χ2n) is 5.41. The second-order valence-corrected chi connectivity index (χ2v) is 6.35. The quantitative estimate of drug-likeness (QED) is 0.859. The Morgan fingerprint density at radius 3 is 3.00 bits per heavy atom. The molecule has 4 heteroatoms. The van der Waals surface area contributed by atoms with Gasteiger partial charge in [-0.2, -0.15) is 0 Å². The van der Waals surface area contributed by atoms with Crippen LogP contribution in [0.1, 0.15) is 36.8 Å². The van der Waals surface area contributed by atoms with Crippen LogP contribution in [0.4, 0.5) is 0 Å². The molecule has 1 saturated carbocycles. The molecule has 1 N–H and O–H groups in total. The van der Waals surface area contributed by atoms with Crippen molar-refractivity contribution in [1.82, 2.24) is 15.2 Å². The zero-order valence-electron chi connectivity index (χ0n) is 11.8. The van der Waals surface area contributed by atoms with Crippen molar-refractivity contribution in [3.63, 3.8) is 0 Å². The average molecular weight is 267 g/mol. The van der Waals surface area contributed by atoms with Gasteiger partial charge in [0.25, 0.3) is 0 Å². The van der Waals surface area contributed by atoms with Crippen molar-refractivity contribution in [1.29, 1.82) is 0 Å². The summed E-state index contributed by atoms with van der Waals surface area (Å²) in [7, 11) is 2.24. The summed E-state index contributed by atoms with van der Waals surface area (Å²) >= 11 is 1.78. The first kappa shape index (κ1) is 14.0. The molecule has 1 aromatic rings. The Kier molecular flexibility index (Phi) is 5.15. The largest absolute Gasteiger partial charge is 0.314 e. The fourth-order valence-electron chi connectivity index (χ4n) is 2.97. The monoisotopic (exact) mass is 267 g/mol. The fraction of sp³-hybridized carbons (Fsp3) is 0.786. The van der Waals surface area contributed by atoms with Crippen molar-refractivity contribution in [2.75, 3.05) is 20.1 Å². The minimum atomic E-state index is 0.736. The van der Waals surface area contributed by atoms with E-state index in [9.17, 15) is 0 Å². The van der Waals surface area contributed by atoms with Crippen molar-refractivity contribution in [2.45, 2.75) is 45.7 Å². The normalized spacial score (nSPS) is 24.0. The van der Waals surface area contributed by atoms with Crippen molar-refractivity contribution >= 4 is 11.3 Å². The van der Waals surface area contributed by atoms with Crippen molar-refractivity contribution in [3.05, 3.63) is 16.1 Å². The first-order valence-electron chi connectivity index (χ1n) is 7.01. The van der Waals surface area contributed by atoms with Crippen LogP contribution in [-0.4, -0.2) is 36.1 Å². The summed E-state index contributed by atoms with van der Waals surface area (Å²) in [6.45, 7) is 7.66. The third kappa shape index (κ3) is 3.53. The van der Waals surface area contributed by atoms with E-state index in [4.69, 9.17) is 0 Å². The Balaban J connectivity index is 1.83. The zero-order chi connectivity index (χ0) is 13.0. The Morgan fingerprint density at radius 1 is 1.50 bits per heavy atom. The standard InChI is InChI=1S/C14H25N3S/c1-4-15-13-7-5-6-12(13)8-17(3)9-14-11(2)16-10-18-14/h10,12-13,15H,4-9H2,1-3H3. The molecule has 0 spiro atoms. The second kappa shape index (κ2) is 6.64. The topological polar surface area (TPSA) is 28.2 Å². The summed E-state index contributed by atoms with van der Waals surface area (Å²) in [6.07, 6.45) is 4.12. The van der Waals surface area contributed by atoms with Gasteiger partial charge in [-0.05, 0) is 39.3 Å². The lowest BCUT2D eigenvalue weighted by atomic mass is 10.0. The molecule has 0 saturated heterocycles. The molecule has 0 radical (unpaired) electrons. The highest BCUT2D eigenvalue weighted by Gasteiger charge is 2.27. The molecular formula is C14H25N3S. The highest BCUT2D eigenvalue weighted by molar-refractivity contribution is 7.09. The number of aryl methyl sites for hydroxylation is 1. The number of aromatic nitrogens is 1. The molecule has 18 heavy (non-hydrogen) atoms. The van der Waals surface area contributed by atoms with Gasteiger partial charge in [0.2, 0.25) is 0 Å². The summed E-state index contributed by atoms with van der Waals surface area (Å²) in [5.74, 6) is 0.822. The SMILES string of the molecule is CCNC1CCCC1CN(C)Cc1scnc1C. The molecule has 1 aromatic heterocycles. The maximum Gasteiger partial charge on any atom is 0.0798 e. The van der Waals surface area contributed by atoms with Gasteiger partial charge in [0.05, 0.1) is 11.2 Å². The van der Waals surface area contributed by atoms with Crippen LogP contribution in [0, 0.1) is 12.8 Å². The van der Waals surface area contributed by atoms with E-state index in [1.54, 1.807) is 11.3 Å². The molecule has 2 unspecified atom stereocenters. The smallest absolute Gasteiger partial charge is 0.0798 e. The lowest BCUT2D eigenvalue weighted by Crippen LogP contribution is -2.37. The molecule has 1 aliphatic carbocycles. The van der Waals surface area contributed by atoms with Gasteiger partial charge in [0, 0.05) is 24.0 Å². The average Bonchev–Trinajstić information content (AvgIpc) is 2.91. The maximum atomic E-state index is 4.33. The van der Waals surface area contributed by atoms with Crippen LogP contribution in [0.2, 0.25) is 0 Å². The van der Waals surface area contributed by atoms with E-state index in [2.05, 4.69) is 36.1 Å². The van der Waals surface area contributed by atoms with E-state index in [0.29, 0.717) is 0 Å². The van der Waals surface area contributed by atoms with Crippen LogP contribution >= 0.6 is 11.3 Å². The number of rotatable bonds is 6. The number of thiazole rings is 1. The Labute approximate surface area is 115 Å². The Morgan fingerprint density at radius 2 is 2.33 bits per heavy atom. The van der Waals surface area contributed by atoms with Crippen LogP contribution in [0.25, 0.3) is 0 Å². The third-order valence-electron chi connectivity index (χ3n) is 3.93. The van der Waals surface area contributed by atoms with Gasteiger partial charge < -0.3 is 10.2 Å². The molecular weight excluding hydrogens is 242 g/mol. The van der Waals surface area contributed by atoms with Gasteiger partial charge in [-0.3, -0.25) is 0 Å². The van der Waals surface area contributed by atoms with Gasteiger partial charge in [0.1, 0.15) is 0 Å². The molecule has 0 aromatic carbocycles. The molecule has 3 nitrogen and oxygen atoms in total. The van der Waals surface area contributed by atoms with E-state index in [1.165, 1.54) is 36.4 Å². The third-order valence-corrected chi connectivity index (χ3v) is 4.85. The minimum Gasteiger partial charge on any atom is -0.314 e. The van der Waals surface area contributed by atoms with Crippen molar-refractivity contribution in [3.8, 4) is 0 Å². The molecule has 0 aliphatic heterocycles. The highest BCUT2D eigenvalue weighted by Crippen LogP contribution is 2.27. The van der Waals surface area contributed by atoms with Crippen molar-refractivity contribution in [2.24, 2.45) is 5.92 Å². The molecule has 1 heterocycles. The van der Waals surface area contributed by atoms with Gasteiger partial charge >= 0.3 is 0 Å². The summed E-state index contributed by atoms with van der Waals surface area (Å²) in [6, 6.07) is 0.736. The predicted molar refractivity (Wildman–Crippen MR) is 78.0 cm³/mol. The molecule has 2 rings (SSSR count). The number of nitrogens with one attached hydrogen (secondary N) is 1. The summed E-state index contributed by atoms with van der Waals surface area (Å²) in [5.41, 5.74) is 3.15. The van der Waals surface area contributed by atoms with Crippen molar-refractivity contribution < 1.29 is 0 Å². The molecule has 1 fully saturated rings. The van der Waals surface area contributed by atoms with Gasteiger partial charge in [0.15, 0.2) is 0 Å². The molecule has 0 bridgehead atoms. The van der Waals surface area contributed by atoms with Crippen LogP contribution in [0.5, 0.6) is 0 Å². The van der Waals surface area contributed by atoms with E-state index < -0.39 is 0 Å². The van der Waals surface area contributed by atoms with E-state index in [1.807, 2.05) is 5.51 Å². The first-order valence-corrected chi connectivity index (χ1v) is 7.89. The number of nitrogens with zero attached hydrogens (tertiary/aromatic N) is 2. The van der Waals surface area contributed by atoms with Crippen LogP contribution < -0.4 is 5.32 Å². The van der Waals surface area contributed by atoms with E-state index in [0.717, 1.165) is 25.0 Å². The molecule has 102 valence electrons. The van der Waals surface area contributed by atoms with Gasteiger partial charge in [-0.25, -0.2) is 4.98 Å². The van der Waals surface area contributed by atoms with Gasteiger partial charge in [-0.1, -0.05) is 13.3 Å². The zero-order valence-corrected chi connectivity index (χ0v) is 12.6. The number of hydrogen-bond donors (Lipinski definition) is 1. The van der Waals surface area contributed by atoms with Crippen LogP contribution in [-0.2, 0) is 6.54 Å². The predicted octanol–water partition coefficient (Wildman–Crippen LogP) is 2.66. The summed E-state index contributed by atoms with van der Waals surface area (Å²) in [4.78, 5) is 8.20. The van der Waals surface area contributed by atoms with Crippen LogP contribution in [0.3, 0.4) is 0 Å². The molecule has 1 aliphatic rings.